The summed E-state index contributed by atoms with van der Waals surface area (Å²) in [6.45, 7) is 10.7. The van der Waals surface area contributed by atoms with Gasteiger partial charge in [0.15, 0.2) is 11.6 Å². The van der Waals surface area contributed by atoms with Crippen LogP contribution < -0.4 is 11.1 Å². The van der Waals surface area contributed by atoms with Crippen molar-refractivity contribution in [2.24, 2.45) is 5.73 Å². The second kappa shape index (κ2) is 8.45. The third kappa shape index (κ3) is 6.26. The average molecular weight is 381 g/mol. The van der Waals surface area contributed by atoms with Crippen molar-refractivity contribution in [1.29, 1.82) is 0 Å². The number of amides is 2. The number of hydrogen-bond donors (Lipinski definition) is 2. The summed E-state index contributed by atoms with van der Waals surface area (Å²) in [5, 5.41) is 2.59. The van der Waals surface area contributed by atoms with Gasteiger partial charge in [-0.1, -0.05) is 39.9 Å². The Morgan fingerprint density at radius 1 is 1.23 bits per heavy atom. The number of carbonyl (C=O) groups excluding carboxylic acids is 2. The van der Waals surface area contributed by atoms with E-state index in [0.717, 1.165) is 12.1 Å². The molecule has 0 aliphatic heterocycles. The van der Waals surface area contributed by atoms with Crippen LogP contribution in [0, 0.1) is 23.1 Å². The van der Waals surface area contributed by atoms with Gasteiger partial charge in [0.2, 0.25) is 11.8 Å². The first-order valence-electron chi connectivity index (χ1n) is 8.36. The first-order valence-corrected chi connectivity index (χ1v) is 11.4. The monoisotopic (exact) mass is 380 g/mol. The summed E-state index contributed by atoms with van der Waals surface area (Å²) in [5.41, 5.74) is 8.90. The number of nitrogens with one attached hydrogen (secondary N) is 1. The Hall–Kier alpha value is -2.20. The zero-order valence-corrected chi connectivity index (χ0v) is 16.9. The zero-order chi connectivity index (χ0) is 20.1. The highest BCUT2D eigenvalue weighted by Gasteiger charge is 2.33. The molecule has 0 aliphatic rings. The van der Waals surface area contributed by atoms with Crippen LogP contribution in [0.3, 0.4) is 0 Å². The predicted octanol–water partition coefficient (Wildman–Crippen LogP) is 2.92. The smallest absolute Gasteiger partial charge is 0.240 e. The Morgan fingerprint density at radius 2 is 1.85 bits per heavy atom. The maximum absolute atomic E-state index is 13.2. The molecular weight excluding hydrogens is 354 g/mol. The van der Waals surface area contributed by atoms with Crippen LogP contribution in [0.2, 0.25) is 18.1 Å². The summed E-state index contributed by atoms with van der Waals surface area (Å²) in [5.74, 6) is -0.214. The molecule has 7 heteroatoms. The molecule has 0 saturated carbocycles. The van der Waals surface area contributed by atoms with Crippen molar-refractivity contribution in [1.82, 2.24) is 5.32 Å². The highest BCUT2D eigenvalue weighted by Crippen LogP contribution is 2.35. The van der Waals surface area contributed by atoms with Gasteiger partial charge in [0.1, 0.15) is 14.1 Å². The van der Waals surface area contributed by atoms with Crippen molar-refractivity contribution in [3.63, 3.8) is 0 Å². The van der Waals surface area contributed by atoms with Crippen LogP contribution in [-0.4, -0.2) is 25.9 Å². The molecule has 1 aromatic rings. The highest BCUT2D eigenvalue weighted by molar-refractivity contribution is 6.87. The van der Waals surface area contributed by atoms with E-state index in [1.54, 1.807) is 0 Å². The zero-order valence-electron chi connectivity index (χ0n) is 15.9. The SMILES string of the molecule is CC(C)(C)[Si](C)(C)C#CC[C@@H](NC(=O)Cc1ccc(F)c(F)c1)C(N)=O. The quantitative estimate of drug-likeness (QED) is 0.609. The maximum Gasteiger partial charge on any atom is 0.240 e. The van der Waals surface area contributed by atoms with Crippen molar-refractivity contribution < 1.29 is 18.4 Å². The van der Waals surface area contributed by atoms with E-state index < -0.39 is 37.6 Å². The van der Waals surface area contributed by atoms with Gasteiger partial charge in [-0.3, -0.25) is 9.59 Å². The minimum atomic E-state index is -1.82. The molecule has 0 unspecified atom stereocenters. The molecule has 1 atom stereocenters. The van der Waals surface area contributed by atoms with Crippen molar-refractivity contribution >= 4 is 19.9 Å². The number of primary amides is 1. The fourth-order valence-electron chi connectivity index (χ4n) is 1.86. The van der Waals surface area contributed by atoms with Crippen LogP contribution in [-0.2, 0) is 16.0 Å². The van der Waals surface area contributed by atoms with Crippen LogP contribution in [0.25, 0.3) is 0 Å². The number of halogens is 2. The van der Waals surface area contributed by atoms with E-state index >= 15 is 0 Å². The minimum absolute atomic E-state index is 0.0815. The largest absolute Gasteiger partial charge is 0.368 e. The van der Waals surface area contributed by atoms with Gasteiger partial charge < -0.3 is 11.1 Å². The molecule has 26 heavy (non-hydrogen) atoms. The van der Waals surface area contributed by atoms with Gasteiger partial charge in [0.25, 0.3) is 0 Å². The Balaban J connectivity index is 2.75. The topological polar surface area (TPSA) is 72.2 Å². The van der Waals surface area contributed by atoms with Gasteiger partial charge in [-0.15, -0.1) is 11.5 Å². The van der Waals surface area contributed by atoms with Gasteiger partial charge >= 0.3 is 0 Å². The Kier molecular flexibility index (Phi) is 7.10. The van der Waals surface area contributed by atoms with E-state index in [4.69, 9.17) is 5.73 Å². The van der Waals surface area contributed by atoms with Gasteiger partial charge in [0.05, 0.1) is 6.42 Å². The lowest BCUT2D eigenvalue weighted by atomic mass is 10.1. The van der Waals surface area contributed by atoms with E-state index in [1.165, 1.54) is 6.07 Å². The molecule has 0 bridgehead atoms. The summed E-state index contributed by atoms with van der Waals surface area (Å²) in [7, 11) is -1.82. The third-order valence-electron chi connectivity index (χ3n) is 4.61. The molecule has 0 saturated heterocycles. The molecular formula is C19H26F2N2O2Si. The second-order valence-electron chi connectivity index (χ2n) is 7.83. The minimum Gasteiger partial charge on any atom is -0.368 e. The summed E-state index contributed by atoms with van der Waals surface area (Å²) in [6, 6.07) is 2.29. The number of nitrogens with two attached hydrogens (primary N) is 1. The number of carbonyl (C=O) groups is 2. The molecule has 0 heterocycles. The molecule has 0 aromatic heterocycles. The summed E-state index contributed by atoms with van der Waals surface area (Å²) >= 11 is 0. The molecule has 0 spiro atoms. The highest BCUT2D eigenvalue weighted by atomic mass is 28.3. The van der Waals surface area contributed by atoms with Gasteiger partial charge in [-0.2, -0.15) is 0 Å². The van der Waals surface area contributed by atoms with E-state index in [2.05, 4.69) is 50.6 Å². The standard InChI is InChI=1S/C19H26F2N2O2Si/c1-19(2,3)26(4,5)10-6-7-16(18(22)25)23-17(24)12-13-8-9-14(20)15(21)11-13/h8-9,11,16H,7,12H2,1-5H3,(H2,22,25)(H,23,24)/t16-/m1/s1. The fraction of sp³-hybridized carbons (Fsp3) is 0.474. The second-order valence-corrected chi connectivity index (χ2v) is 12.8. The van der Waals surface area contributed by atoms with Gasteiger partial charge in [0, 0.05) is 6.42 Å². The first-order chi connectivity index (χ1) is 11.8. The van der Waals surface area contributed by atoms with E-state index in [-0.39, 0.29) is 17.9 Å². The number of hydrogen-bond acceptors (Lipinski definition) is 2. The molecule has 0 aliphatic carbocycles. The van der Waals surface area contributed by atoms with Crippen LogP contribution in [0.15, 0.2) is 18.2 Å². The molecule has 2 amide bonds. The normalized spacial score (nSPS) is 12.7. The lowest BCUT2D eigenvalue weighted by molar-refractivity contribution is -0.126. The van der Waals surface area contributed by atoms with Crippen molar-refractivity contribution in [3.05, 3.63) is 35.4 Å². The summed E-state index contributed by atoms with van der Waals surface area (Å²) in [6.07, 6.45) is -0.0675. The van der Waals surface area contributed by atoms with E-state index in [1.807, 2.05) is 0 Å². The summed E-state index contributed by atoms with van der Waals surface area (Å²) < 4.78 is 26.1. The number of benzene rings is 1. The Morgan fingerprint density at radius 3 is 2.35 bits per heavy atom. The molecule has 1 rings (SSSR count). The lowest BCUT2D eigenvalue weighted by Crippen LogP contribution is -2.45. The maximum atomic E-state index is 13.2. The Bertz CT molecular complexity index is 746. The Labute approximate surface area is 154 Å². The number of rotatable bonds is 5. The molecule has 142 valence electrons. The van der Waals surface area contributed by atoms with Gasteiger partial charge in [-0.25, -0.2) is 8.78 Å². The third-order valence-corrected chi connectivity index (χ3v) is 9.16. The van der Waals surface area contributed by atoms with Crippen molar-refractivity contribution in [2.45, 2.75) is 57.8 Å². The molecule has 1 aromatic carbocycles. The van der Waals surface area contributed by atoms with Crippen LogP contribution in [0.1, 0.15) is 32.8 Å². The van der Waals surface area contributed by atoms with Crippen LogP contribution >= 0.6 is 0 Å². The molecule has 3 N–H and O–H groups in total. The van der Waals surface area contributed by atoms with Crippen molar-refractivity contribution in [2.75, 3.05) is 0 Å². The summed E-state index contributed by atoms with van der Waals surface area (Å²) in [4.78, 5) is 23.6. The lowest BCUT2D eigenvalue weighted by Gasteiger charge is -2.31. The van der Waals surface area contributed by atoms with E-state index in [9.17, 15) is 18.4 Å². The van der Waals surface area contributed by atoms with E-state index in [0.29, 0.717) is 5.56 Å². The molecule has 0 radical (unpaired) electrons. The van der Waals surface area contributed by atoms with Crippen molar-refractivity contribution in [3.8, 4) is 11.5 Å². The average Bonchev–Trinajstić information content (AvgIpc) is 2.48. The predicted molar refractivity (Wildman–Crippen MR) is 101 cm³/mol. The first kappa shape index (κ1) is 21.8. The van der Waals surface area contributed by atoms with Crippen LogP contribution in [0.4, 0.5) is 8.78 Å². The van der Waals surface area contributed by atoms with Gasteiger partial charge in [-0.05, 0) is 22.7 Å². The fourth-order valence-corrected chi connectivity index (χ4v) is 2.78. The molecule has 4 nitrogen and oxygen atoms in total. The molecule has 0 fully saturated rings. The van der Waals surface area contributed by atoms with Crippen LogP contribution in [0.5, 0.6) is 0 Å².